The van der Waals surface area contributed by atoms with Crippen LogP contribution >= 0.6 is 11.6 Å². The summed E-state index contributed by atoms with van der Waals surface area (Å²) in [5.41, 5.74) is 3.74. The maximum Gasteiger partial charge on any atom is 0.336 e. The molecule has 0 bridgehead atoms. The molecular formula is C24H24ClNO3. The summed E-state index contributed by atoms with van der Waals surface area (Å²) in [7, 11) is 0. The standard InChI is InChI=1S/C24H24ClNO3/c1-16(2)14-26-17(3)23(24(28)29-15-18-7-5-4-6-8-18)21(13-22(26)27)19-9-11-20(25)12-10-19/h4-12,21H,1,13-15H2,2-3H3. The monoisotopic (exact) mass is 409 g/mol. The van der Waals surface area contributed by atoms with Crippen LogP contribution in [0.3, 0.4) is 0 Å². The van der Waals surface area contributed by atoms with Crippen molar-refractivity contribution >= 4 is 23.5 Å². The van der Waals surface area contributed by atoms with E-state index >= 15 is 0 Å². The van der Waals surface area contributed by atoms with E-state index in [9.17, 15) is 9.59 Å². The molecule has 1 atom stereocenters. The lowest BCUT2D eigenvalue weighted by atomic mass is 9.83. The average molecular weight is 410 g/mol. The number of hydrogen-bond acceptors (Lipinski definition) is 3. The van der Waals surface area contributed by atoms with Gasteiger partial charge in [0.05, 0.1) is 5.57 Å². The van der Waals surface area contributed by atoms with Crippen LogP contribution in [0.4, 0.5) is 0 Å². The molecule has 2 aromatic rings. The Labute approximate surface area is 176 Å². The third kappa shape index (κ3) is 4.96. The minimum atomic E-state index is -0.412. The van der Waals surface area contributed by atoms with Crippen LogP contribution in [0.1, 0.15) is 37.3 Å². The van der Waals surface area contributed by atoms with Crippen LogP contribution in [-0.4, -0.2) is 23.3 Å². The second kappa shape index (κ2) is 9.10. The van der Waals surface area contributed by atoms with E-state index in [1.165, 1.54) is 0 Å². The summed E-state index contributed by atoms with van der Waals surface area (Å²) in [5.74, 6) is -0.819. The van der Waals surface area contributed by atoms with Crippen LogP contribution in [0.15, 0.2) is 78.0 Å². The van der Waals surface area contributed by atoms with E-state index in [4.69, 9.17) is 16.3 Å². The number of halogens is 1. The van der Waals surface area contributed by atoms with Gasteiger partial charge in [0.2, 0.25) is 5.91 Å². The van der Waals surface area contributed by atoms with E-state index in [0.29, 0.717) is 22.8 Å². The van der Waals surface area contributed by atoms with Crippen molar-refractivity contribution in [1.29, 1.82) is 0 Å². The van der Waals surface area contributed by atoms with Crippen LogP contribution in [0.5, 0.6) is 0 Å². The first-order valence-corrected chi connectivity index (χ1v) is 9.86. The second-order valence-electron chi connectivity index (χ2n) is 7.31. The van der Waals surface area contributed by atoms with Crippen LogP contribution in [0, 0.1) is 0 Å². The lowest BCUT2D eigenvalue weighted by Gasteiger charge is -2.34. The van der Waals surface area contributed by atoms with Gasteiger partial charge in [-0.05, 0) is 37.1 Å². The number of ether oxygens (including phenoxy) is 1. The van der Waals surface area contributed by atoms with Gasteiger partial charge in [0.15, 0.2) is 0 Å². The van der Waals surface area contributed by atoms with Gasteiger partial charge < -0.3 is 9.64 Å². The molecule has 1 heterocycles. The highest BCUT2D eigenvalue weighted by Crippen LogP contribution is 2.37. The van der Waals surface area contributed by atoms with Crippen LogP contribution < -0.4 is 0 Å². The molecule has 0 aliphatic carbocycles. The van der Waals surface area contributed by atoms with Crippen LogP contribution in [0.2, 0.25) is 5.02 Å². The number of carbonyl (C=O) groups excluding carboxylic acids is 2. The fourth-order valence-corrected chi connectivity index (χ4v) is 3.64. The highest BCUT2D eigenvalue weighted by Gasteiger charge is 2.36. The summed E-state index contributed by atoms with van der Waals surface area (Å²) in [6.07, 6.45) is 0.196. The summed E-state index contributed by atoms with van der Waals surface area (Å²) in [4.78, 5) is 27.5. The zero-order valence-corrected chi connectivity index (χ0v) is 17.4. The van der Waals surface area contributed by atoms with Crippen molar-refractivity contribution < 1.29 is 14.3 Å². The molecule has 2 aromatic carbocycles. The Kier molecular flexibility index (Phi) is 6.55. The van der Waals surface area contributed by atoms with Crippen LogP contribution in [-0.2, 0) is 20.9 Å². The second-order valence-corrected chi connectivity index (χ2v) is 7.74. The van der Waals surface area contributed by atoms with E-state index in [2.05, 4.69) is 6.58 Å². The Morgan fingerprint density at radius 1 is 1.17 bits per heavy atom. The van der Waals surface area contributed by atoms with Crippen molar-refractivity contribution in [2.75, 3.05) is 6.54 Å². The number of nitrogens with zero attached hydrogens (tertiary/aromatic N) is 1. The fourth-order valence-electron chi connectivity index (χ4n) is 3.52. The van der Waals surface area contributed by atoms with E-state index in [1.807, 2.05) is 49.4 Å². The van der Waals surface area contributed by atoms with Gasteiger partial charge in [0.25, 0.3) is 0 Å². The van der Waals surface area contributed by atoms with Gasteiger partial charge in [-0.2, -0.15) is 0 Å². The molecule has 1 aliphatic heterocycles. The number of hydrogen-bond donors (Lipinski definition) is 0. The van der Waals surface area contributed by atoms with Crippen molar-refractivity contribution in [3.63, 3.8) is 0 Å². The quantitative estimate of drug-likeness (QED) is 0.483. The topological polar surface area (TPSA) is 46.6 Å². The van der Waals surface area contributed by atoms with Crippen molar-refractivity contribution in [3.05, 3.63) is 94.2 Å². The summed E-state index contributed by atoms with van der Waals surface area (Å²) >= 11 is 6.02. The van der Waals surface area contributed by atoms with E-state index in [0.717, 1.165) is 16.7 Å². The average Bonchev–Trinajstić information content (AvgIpc) is 2.70. The molecule has 1 unspecified atom stereocenters. The number of esters is 1. The van der Waals surface area contributed by atoms with Crippen molar-refractivity contribution in [1.82, 2.24) is 4.90 Å². The first kappa shape index (κ1) is 20.9. The zero-order chi connectivity index (χ0) is 21.0. The number of benzene rings is 2. The largest absolute Gasteiger partial charge is 0.457 e. The first-order chi connectivity index (χ1) is 13.9. The molecule has 5 heteroatoms. The maximum absolute atomic E-state index is 13.1. The Hall–Kier alpha value is -2.85. The molecule has 0 saturated carbocycles. The Balaban J connectivity index is 1.95. The zero-order valence-electron chi connectivity index (χ0n) is 16.7. The van der Waals surface area contributed by atoms with Gasteiger partial charge in [-0.15, -0.1) is 0 Å². The summed E-state index contributed by atoms with van der Waals surface area (Å²) in [5, 5.41) is 0.605. The number of allylic oxidation sites excluding steroid dienone is 1. The lowest BCUT2D eigenvalue weighted by molar-refractivity contribution is -0.141. The van der Waals surface area contributed by atoms with Gasteiger partial charge >= 0.3 is 5.97 Å². The third-order valence-electron chi connectivity index (χ3n) is 4.96. The SMILES string of the molecule is C=C(C)CN1C(=O)CC(c2ccc(Cl)cc2)C(C(=O)OCc2ccccc2)=C1C. The summed E-state index contributed by atoms with van der Waals surface area (Å²) in [6.45, 7) is 8.12. The molecule has 0 fully saturated rings. The number of rotatable bonds is 6. The van der Waals surface area contributed by atoms with Crippen molar-refractivity contribution in [3.8, 4) is 0 Å². The lowest BCUT2D eigenvalue weighted by Crippen LogP contribution is -2.39. The summed E-state index contributed by atoms with van der Waals surface area (Å²) < 4.78 is 5.62. The maximum atomic E-state index is 13.1. The minimum absolute atomic E-state index is 0.0370. The van der Waals surface area contributed by atoms with Gasteiger partial charge in [0.1, 0.15) is 6.61 Å². The molecule has 4 nitrogen and oxygen atoms in total. The highest BCUT2D eigenvalue weighted by atomic mass is 35.5. The molecule has 3 rings (SSSR count). The molecule has 29 heavy (non-hydrogen) atoms. The van der Waals surface area contributed by atoms with E-state index in [-0.39, 0.29) is 24.9 Å². The van der Waals surface area contributed by atoms with Crippen LogP contribution in [0.25, 0.3) is 0 Å². The molecule has 0 aromatic heterocycles. The minimum Gasteiger partial charge on any atom is -0.457 e. The molecular weight excluding hydrogens is 386 g/mol. The van der Waals surface area contributed by atoms with E-state index in [1.54, 1.807) is 24.0 Å². The Morgan fingerprint density at radius 2 is 1.83 bits per heavy atom. The molecule has 150 valence electrons. The smallest absolute Gasteiger partial charge is 0.336 e. The molecule has 0 saturated heterocycles. The number of amides is 1. The van der Waals surface area contributed by atoms with Gasteiger partial charge in [-0.3, -0.25) is 4.79 Å². The highest BCUT2D eigenvalue weighted by molar-refractivity contribution is 6.30. The third-order valence-corrected chi connectivity index (χ3v) is 5.21. The van der Waals surface area contributed by atoms with E-state index < -0.39 is 5.97 Å². The Bertz CT molecular complexity index is 948. The first-order valence-electron chi connectivity index (χ1n) is 9.49. The Morgan fingerprint density at radius 3 is 2.45 bits per heavy atom. The number of carbonyl (C=O) groups is 2. The molecule has 0 spiro atoms. The van der Waals surface area contributed by atoms with Gasteiger partial charge in [0, 0.05) is 29.6 Å². The van der Waals surface area contributed by atoms with Gasteiger partial charge in [-0.25, -0.2) is 4.79 Å². The molecule has 1 amide bonds. The van der Waals surface area contributed by atoms with Gasteiger partial charge in [-0.1, -0.05) is 66.2 Å². The summed E-state index contributed by atoms with van der Waals surface area (Å²) in [6, 6.07) is 16.8. The molecule has 0 radical (unpaired) electrons. The molecule has 0 N–H and O–H groups in total. The fraction of sp³-hybridized carbons (Fsp3) is 0.250. The predicted molar refractivity (Wildman–Crippen MR) is 114 cm³/mol. The van der Waals surface area contributed by atoms with Crippen molar-refractivity contribution in [2.45, 2.75) is 32.8 Å². The molecule has 1 aliphatic rings. The van der Waals surface area contributed by atoms with Crippen molar-refractivity contribution in [2.24, 2.45) is 0 Å². The predicted octanol–water partition coefficient (Wildman–Crippen LogP) is 5.25. The normalized spacial score (nSPS) is 16.7.